The Kier molecular flexibility index (Phi) is 4.95. The van der Waals surface area contributed by atoms with Crippen molar-refractivity contribution in [2.75, 3.05) is 5.32 Å². The maximum Gasteiger partial charge on any atom is 0.335 e. The molecule has 0 fully saturated rings. The molecule has 0 saturated heterocycles. The van der Waals surface area contributed by atoms with Gasteiger partial charge in [0.05, 0.1) is 15.7 Å². The molecule has 0 radical (unpaired) electrons. The second-order valence-electron chi connectivity index (χ2n) is 4.21. The standard InChI is InChI=1S/C14H9Br2F2NO2/c15-9-3-7(14(20)21)1-2-8(9)6-19-13-4-10(16)11(17)5-12(13)18/h1-5,19H,6H2,(H,20,21). The second-order valence-corrected chi connectivity index (χ2v) is 5.92. The summed E-state index contributed by atoms with van der Waals surface area (Å²) in [6.45, 7) is 0.259. The first-order valence-electron chi connectivity index (χ1n) is 5.78. The molecule has 0 spiro atoms. The zero-order valence-electron chi connectivity index (χ0n) is 10.5. The highest BCUT2D eigenvalue weighted by Gasteiger charge is 2.10. The van der Waals surface area contributed by atoms with Crippen molar-refractivity contribution in [3.63, 3.8) is 0 Å². The van der Waals surface area contributed by atoms with Gasteiger partial charge in [-0.05, 0) is 39.7 Å². The van der Waals surface area contributed by atoms with Gasteiger partial charge in [-0.3, -0.25) is 0 Å². The largest absolute Gasteiger partial charge is 0.478 e. The van der Waals surface area contributed by atoms with Crippen molar-refractivity contribution in [1.82, 2.24) is 0 Å². The van der Waals surface area contributed by atoms with Crippen molar-refractivity contribution in [2.24, 2.45) is 0 Å². The van der Waals surface area contributed by atoms with Crippen LogP contribution in [0.15, 0.2) is 39.3 Å². The number of halogens is 4. The first-order valence-corrected chi connectivity index (χ1v) is 7.37. The lowest BCUT2D eigenvalue weighted by Crippen LogP contribution is -2.04. The summed E-state index contributed by atoms with van der Waals surface area (Å²) in [6.07, 6.45) is 0. The molecule has 2 aromatic carbocycles. The van der Waals surface area contributed by atoms with Crippen LogP contribution in [0.4, 0.5) is 14.5 Å². The maximum atomic E-state index is 13.6. The van der Waals surface area contributed by atoms with E-state index in [0.29, 0.717) is 4.47 Å². The highest BCUT2D eigenvalue weighted by atomic mass is 79.9. The first-order chi connectivity index (χ1) is 9.88. The number of hydrogen-bond acceptors (Lipinski definition) is 2. The third kappa shape index (κ3) is 3.79. The molecule has 2 aromatic rings. The van der Waals surface area contributed by atoms with Crippen molar-refractivity contribution < 1.29 is 18.7 Å². The van der Waals surface area contributed by atoms with Gasteiger partial charge in [-0.25, -0.2) is 13.6 Å². The number of carboxylic acids is 1. The molecule has 0 saturated carbocycles. The van der Waals surface area contributed by atoms with Gasteiger partial charge in [0.1, 0.15) is 11.6 Å². The van der Waals surface area contributed by atoms with Crippen LogP contribution in [0.25, 0.3) is 0 Å². The summed E-state index contributed by atoms with van der Waals surface area (Å²) in [6, 6.07) is 6.65. The highest BCUT2D eigenvalue weighted by molar-refractivity contribution is 9.10. The lowest BCUT2D eigenvalue weighted by atomic mass is 10.1. The van der Waals surface area contributed by atoms with Gasteiger partial charge in [0.2, 0.25) is 0 Å². The van der Waals surface area contributed by atoms with Gasteiger partial charge in [-0.15, -0.1) is 0 Å². The van der Waals surface area contributed by atoms with E-state index < -0.39 is 17.6 Å². The van der Waals surface area contributed by atoms with Gasteiger partial charge in [0.25, 0.3) is 0 Å². The van der Waals surface area contributed by atoms with E-state index in [4.69, 9.17) is 5.11 Å². The van der Waals surface area contributed by atoms with Gasteiger partial charge in [0.15, 0.2) is 0 Å². The average Bonchev–Trinajstić information content (AvgIpc) is 2.42. The summed E-state index contributed by atoms with van der Waals surface area (Å²) in [5, 5.41) is 11.7. The molecule has 2 rings (SSSR count). The van der Waals surface area contributed by atoms with E-state index in [1.54, 1.807) is 6.07 Å². The van der Waals surface area contributed by atoms with E-state index in [1.807, 2.05) is 0 Å². The molecule has 0 aliphatic heterocycles. The molecule has 0 heterocycles. The summed E-state index contributed by atoms with van der Waals surface area (Å²) >= 11 is 6.26. The third-order valence-corrected chi connectivity index (χ3v) is 4.13. The van der Waals surface area contributed by atoms with Crippen molar-refractivity contribution in [3.8, 4) is 0 Å². The minimum absolute atomic E-state index is 0.150. The smallest absolute Gasteiger partial charge is 0.335 e. The Morgan fingerprint density at radius 3 is 2.43 bits per heavy atom. The molecule has 0 bridgehead atoms. The molecule has 2 N–H and O–H groups in total. The van der Waals surface area contributed by atoms with Crippen LogP contribution in [0.1, 0.15) is 15.9 Å². The number of carbonyl (C=O) groups is 1. The van der Waals surface area contributed by atoms with Gasteiger partial charge in [-0.2, -0.15) is 0 Å². The highest BCUT2D eigenvalue weighted by Crippen LogP contribution is 2.25. The van der Waals surface area contributed by atoms with E-state index >= 15 is 0 Å². The van der Waals surface area contributed by atoms with Crippen LogP contribution in [0.5, 0.6) is 0 Å². The van der Waals surface area contributed by atoms with Crippen molar-refractivity contribution in [3.05, 3.63) is 62.0 Å². The van der Waals surface area contributed by atoms with Crippen LogP contribution in [-0.2, 0) is 6.54 Å². The number of benzene rings is 2. The zero-order chi connectivity index (χ0) is 15.6. The molecule has 7 heteroatoms. The summed E-state index contributed by atoms with van der Waals surface area (Å²) < 4.78 is 27.5. The minimum Gasteiger partial charge on any atom is -0.478 e. The van der Waals surface area contributed by atoms with Crippen molar-refractivity contribution in [1.29, 1.82) is 0 Å². The number of hydrogen-bond donors (Lipinski definition) is 2. The topological polar surface area (TPSA) is 49.3 Å². The van der Waals surface area contributed by atoms with Crippen LogP contribution in [-0.4, -0.2) is 11.1 Å². The quantitative estimate of drug-likeness (QED) is 0.698. The number of anilines is 1. The lowest BCUT2D eigenvalue weighted by Gasteiger charge is -2.10. The Morgan fingerprint density at radius 1 is 1.10 bits per heavy atom. The molecule has 0 amide bonds. The maximum absolute atomic E-state index is 13.6. The summed E-state index contributed by atoms with van der Waals surface area (Å²) in [5.41, 5.74) is 1.05. The van der Waals surface area contributed by atoms with E-state index in [0.717, 1.165) is 11.6 Å². The minimum atomic E-state index is -1.02. The SMILES string of the molecule is O=C(O)c1ccc(CNc2cc(Br)c(F)cc2F)c(Br)c1. The monoisotopic (exact) mass is 419 g/mol. The third-order valence-electron chi connectivity index (χ3n) is 2.78. The van der Waals surface area contributed by atoms with Gasteiger partial charge in [0, 0.05) is 17.1 Å². The van der Waals surface area contributed by atoms with E-state index in [1.165, 1.54) is 18.2 Å². The van der Waals surface area contributed by atoms with Crippen LogP contribution in [0.3, 0.4) is 0 Å². The summed E-state index contributed by atoms with van der Waals surface area (Å²) in [7, 11) is 0. The second kappa shape index (κ2) is 6.53. The zero-order valence-corrected chi connectivity index (χ0v) is 13.6. The Balaban J connectivity index is 2.17. The molecule has 0 aromatic heterocycles. The Bertz CT molecular complexity index is 708. The van der Waals surface area contributed by atoms with Crippen molar-refractivity contribution in [2.45, 2.75) is 6.54 Å². The van der Waals surface area contributed by atoms with Gasteiger partial charge in [-0.1, -0.05) is 22.0 Å². The lowest BCUT2D eigenvalue weighted by molar-refractivity contribution is 0.0697. The Labute approximate surface area is 136 Å². The predicted molar refractivity (Wildman–Crippen MR) is 82.5 cm³/mol. The first kappa shape index (κ1) is 15.9. The van der Waals surface area contributed by atoms with Gasteiger partial charge < -0.3 is 10.4 Å². The summed E-state index contributed by atoms with van der Waals surface area (Å²) in [5.74, 6) is -2.40. The average molecular weight is 421 g/mol. The molecular formula is C14H9Br2F2NO2. The molecule has 3 nitrogen and oxygen atoms in total. The Morgan fingerprint density at radius 2 is 1.81 bits per heavy atom. The normalized spacial score (nSPS) is 10.5. The number of carboxylic acid groups (broad SMARTS) is 1. The number of nitrogens with one attached hydrogen (secondary N) is 1. The summed E-state index contributed by atoms with van der Waals surface area (Å²) in [4.78, 5) is 10.8. The number of rotatable bonds is 4. The Hall–Kier alpha value is -1.47. The van der Waals surface area contributed by atoms with Crippen LogP contribution in [0, 0.1) is 11.6 Å². The van der Waals surface area contributed by atoms with E-state index in [2.05, 4.69) is 37.2 Å². The molecule has 0 aliphatic carbocycles. The molecule has 0 unspecified atom stereocenters. The fourth-order valence-electron chi connectivity index (χ4n) is 1.67. The molecule has 21 heavy (non-hydrogen) atoms. The van der Waals surface area contributed by atoms with Gasteiger partial charge >= 0.3 is 5.97 Å². The van der Waals surface area contributed by atoms with Crippen LogP contribution < -0.4 is 5.32 Å². The molecule has 0 aliphatic rings. The predicted octanol–water partition coefficient (Wildman–Crippen LogP) is 4.80. The fraction of sp³-hybridized carbons (Fsp3) is 0.0714. The van der Waals surface area contributed by atoms with E-state index in [-0.39, 0.29) is 22.3 Å². The molecule has 0 atom stereocenters. The van der Waals surface area contributed by atoms with Crippen LogP contribution >= 0.6 is 31.9 Å². The van der Waals surface area contributed by atoms with Crippen molar-refractivity contribution >= 4 is 43.5 Å². The molecule has 110 valence electrons. The fourth-order valence-corrected chi connectivity index (χ4v) is 2.53. The number of aromatic carboxylic acids is 1. The van der Waals surface area contributed by atoms with Crippen LogP contribution in [0.2, 0.25) is 0 Å². The van der Waals surface area contributed by atoms with E-state index in [9.17, 15) is 13.6 Å². The molecular weight excluding hydrogens is 412 g/mol.